The molecule has 0 bridgehead atoms. The van der Waals surface area contributed by atoms with Crippen molar-refractivity contribution < 1.29 is 14.6 Å². The van der Waals surface area contributed by atoms with E-state index in [4.69, 9.17) is 10.5 Å². The largest absolute Gasteiger partial charge is 0.480 e. The van der Waals surface area contributed by atoms with E-state index in [0.717, 1.165) is 27.8 Å². The third-order valence-corrected chi connectivity index (χ3v) is 6.78. The zero-order valence-corrected chi connectivity index (χ0v) is 21.1. The van der Waals surface area contributed by atoms with Gasteiger partial charge in [-0.25, -0.2) is 24.1 Å². The predicted molar refractivity (Wildman–Crippen MR) is 138 cm³/mol. The fourth-order valence-electron chi connectivity index (χ4n) is 3.72. The van der Waals surface area contributed by atoms with Crippen molar-refractivity contribution >= 4 is 45.2 Å². The molecule has 2 aromatic heterocycles. The predicted octanol–water partition coefficient (Wildman–Crippen LogP) is 3.17. The number of thiophene rings is 1. The summed E-state index contributed by atoms with van der Waals surface area (Å²) in [5.74, 6) is -1.30. The Bertz CT molecular complexity index is 1400. The minimum atomic E-state index is -1.78. The molecule has 3 rings (SSSR count). The molecule has 0 aliphatic rings. The number of hydrogen-bond donors (Lipinski definition) is 2. The van der Waals surface area contributed by atoms with Crippen molar-refractivity contribution in [3.63, 3.8) is 0 Å². The molecule has 0 amide bonds. The first-order chi connectivity index (χ1) is 16.5. The summed E-state index contributed by atoms with van der Waals surface area (Å²) in [4.78, 5) is 47.7. The van der Waals surface area contributed by atoms with E-state index in [9.17, 15) is 19.5 Å². The molecule has 3 aromatic rings. The van der Waals surface area contributed by atoms with Crippen LogP contribution in [-0.2, 0) is 21.6 Å². The van der Waals surface area contributed by atoms with Crippen LogP contribution >= 0.6 is 11.3 Å². The maximum absolute atomic E-state index is 13.7. The van der Waals surface area contributed by atoms with Gasteiger partial charge in [-0.3, -0.25) is 9.36 Å². The standard InChI is InChI=1S/C24H29N5O5S/c1-14(2)34-17(16-9-7-6-8-10-16)11-28-21-18(15(3)19(35-21)27-13-26-12-25)20(30)29(23(28)33)24(4,5)22(31)32/h6-10,12-14,17H,11H2,1-5H3,(H,31,32)(H2,25,26,27)/t17-/m0/s1. The van der Waals surface area contributed by atoms with Crippen LogP contribution in [0.25, 0.3) is 10.2 Å². The number of aliphatic carboxylic acids is 1. The van der Waals surface area contributed by atoms with E-state index in [0.29, 0.717) is 15.4 Å². The average Bonchev–Trinajstić information content (AvgIpc) is 3.12. The Morgan fingerprint density at radius 1 is 1.26 bits per heavy atom. The topological polar surface area (TPSA) is 141 Å². The second kappa shape index (κ2) is 10.4. The molecule has 2 heterocycles. The minimum Gasteiger partial charge on any atom is -0.480 e. The van der Waals surface area contributed by atoms with Crippen molar-refractivity contribution in [3.05, 3.63) is 62.3 Å². The third kappa shape index (κ3) is 5.10. The Morgan fingerprint density at radius 3 is 2.49 bits per heavy atom. The van der Waals surface area contributed by atoms with Gasteiger partial charge in [0, 0.05) is 5.56 Å². The van der Waals surface area contributed by atoms with Crippen LogP contribution in [0.4, 0.5) is 5.00 Å². The highest BCUT2D eigenvalue weighted by molar-refractivity contribution is 7.22. The number of carbonyl (C=O) groups is 1. The minimum absolute atomic E-state index is 0.0670. The molecule has 0 spiro atoms. The van der Waals surface area contributed by atoms with Gasteiger partial charge in [-0.15, -0.1) is 0 Å². The molecule has 186 valence electrons. The van der Waals surface area contributed by atoms with Crippen molar-refractivity contribution in [2.24, 2.45) is 15.7 Å². The number of benzene rings is 1. The maximum Gasteiger partial charge on any atom is 0.333 e. The van der Waals surface area contributed by atoms with Gasteiger partial charge in [0.2, 0.25) is 0 Å². The molecular weight excluding hydrogens is 470 g/mol. The highest BCUT2D eigenvalue weighted by atomic mass is 32.1. The Balaban J connectivity index is 2.37. The number of ether oxygens (including phenoxy) is 1. The summed E-state index contributed by atoms with van der Waals surface area (Å²) >= 11 is 1.15. The molecule has 0 saturated heterocycles. The number of aromatic nitrogens is 2. The third-order valence-electron chi connectivity index (χ3n) is 5.55. The summed E-state index contributed by atoms with van der Waals surface area (Å²) in [6.45, 7) is 8.20. The van der Waals surface area contributed by atoms with E-state index in [2.05, 4.69) is 9.98 Å². The Hall–Kier alpha value is -3.57. The molecule has 0 radical (unpaired) electrons. The lowest BCUT2D eigenvalue weighted by Crippen LogP contribution is -2.52. The molecule has 3 N–H and O–H groups in total. The summed E-state index contributed by atoms with van der Waals surface area (Å²) in [5.41, 5.74) is 3.43. The summed E-state index contributed by atoms with van der Waals surface area (Å²) in [6.07, 6.45) is 1.66. The number of fused-ring (bicyclic) bond motifs is 1. The van der Waals surface area contributed by atoms with Crippen LogP contribution < -0.4 is 17.0 Å². The monoisotopic (exact) mass is 499 g/mol. The van der Waals surface area contributed by atoms with Crippen molar-refractivity contribution in [2.45, 2.75) is 58.9 Å². The Labute approximate surface area is 206 Å². The van der Waals surface area contributed by atoms with Gasteiger partial charge in [-0.2, -0.15) is 0 Å². The Morgan fingerprint density at radius 2 is 1.91 bits per heavy atom. The zero-order valence-electron chi connectivity index (χ0n) is 20.3. The first kappa shape index (κ1) is 26.0. The number of aliphatic imine (C=N–C) groups is 2. The van der Waals surface area contributed by atoms with Crippen LogP contribution in [0.15, 0.2) is 49.9 Å². The van der Waals surface area contributed by atoms with E-state index in [1.807, 2.05) is 44.2 Å². The SMILES string of the molecule is Cc1c(N=CN=CN)sc2c1c(=O)n(C(C)(C)C(=O)O)c(=O)n2C[C@H](OC(C)C)c1ccccc1. The molecule has 10 nitrogen and oxygen atoms in total. The first-order valence-corrected chi connectivity index (χ1v) is 11.8. The molecule has 0 aliphatic carbocycles. The molecule has 11 heteroatoms. The van der Waals surface area contributed by atoms with Gasteiger partial charge < -0.3 is 15.6 Å². The number of nitrogens with zero attached hydrogens (tertiary/aromatic N) is 4. The van der Waals surface area contributed by atoms with Gasteiger partial charge in [-0.1, -0.05) is 41.7 Å². The highest BCUT2D eigenvalue weighted by Gasteiger charge is 2.35. The number of hydrogen-bond acceptors (Lipinski definition) is 6. The van der Waals surface area contributed by atoms with E-state index in [1.165, 1.54) is 24.8 Å². The van der Waals surface area contributed by atoms with Crippen LogP contribution in [-0.4, -0.2) is 39.0 Å². The molecule has 0 fully saturated rings. The zero-order chi connectivity index (χ0) is 25.9. The summed E-state index contributed by atoms with van der Waals surface area (Å²) < 4.78 is 8.34. The average molecular weight is 500 g/mol. The highest BCUT2D eigenvalue weighted by Crippen LogP contribution is 2.36. The molecular formula is C24H29N5O5S. The molecule has 1 atom stereocenters. The number of carboxylic acids is 1. The van der Waals surface area contributed by atoms with Crippen LogP contribution in [0, 0.1) is 6.92 Å². The molecule has 1 aromatic carbocycles. The molecule has 35 heavy (non-hydrogen) atoms. The number of rotatable bonds is 9. The second-order valence-corrected chi connectivity index (χ2v) is 9.71. The molecule has 0 saturated carbocycles. The summed E-state index contributed by atoms with van der Waals surface area (Å²) in [7, 11) is 0. The summed E-state index contributed by atoms with van der Waals surface area (Å²) in [5, 5.41) is 10.5. The van der Waals surface area contributed by atoms with Gasteiger partial charge in [0.25, 0.3) is 5.56 Å². The summed E-state index contributed by atoms with van der Waals surface area (Å²) in [6, 6.07) is 9.42. The lowest BCUT2D eigenvalue weighted by atomic mass is 10.1. The van der Waals surface area contributed by atoms with Crippen molar-refractivity contribution in [1.29, 1.82) is 0 Å². The lowest BCUT2D eigenvalue weighted by molar-refractivity contribution is -0.146. The maximum atomic E-state index is 13.7. The fourth-order valence-corrected chi connectivity index (χ4v) is 4.86. The van der Waals surface area contributed by atoms with Gasteiger partial charge in [0.1, 0.15) is 27.8 Å². The van der Waals surface area contributed by atoms with Crippen molar-refractivity contribution in [1.82, 2.24) is 9.13 Å². The number of aryl methyl sites for hydroxylation is 1. The molecule has 0 unspecified atom stereocenters. The van der Waals surface area contributed by atoms with E-state index >= 15 is 0 Å². The second-order valence-electron chi connectivity index (χ2n) is 8.74. The van der Waals surface area contributed by atoms with Crippen LogP contribution in [0.1, 0.15) is 44.9 Å². The van der Waals surface area contributed by atoms with E-state index in [-0.39, 0.29) is 18.0 Å². The van der Waals surface area contributed by atoms with Gasteiger partial charge in [-0.05, 0) is 40.2 Å². The Kier molecular flexibility index (Phi) is 7.71. The lowest BCUT2D eigenvalue weighted by Gasteiger charge is -2.26. The number of carboxylic acid groups (broad SMARTS) is 1. The normalized spacial score (nSPS) is 13.4. The van der Waals surface area contributed by atoms with Crippen molar-refractivity contribution in [3.8, 4) is 0 Å². The van der Waals surface area contributed by atoms with Gasteiger partial charge >= 0.3 is 11.7 Å². The van der Waals surface area contributed by atoms with Gasteiger partial charge in [0.05, 0.1) is 24.4 Å². The molecule has 0 aliphatic heterocycles. The van der Waals surface area contributed by atoms with Crippen molar-refractivity contribution in [2.75, 3.05) is 0 Å². The van der Waals surface area contributed by atoms with Crippen LogP contribution in [0.3, 0.4) is 0 Å². The van der Waals surface area contributed by atoms with E-state index in [1.54, 1.807) is 6.92 Å². The van der Waals surface area contributed by atoms with Crippen LogP contribution in [0.2, 0.25) is 0 Å². The van der Waals surface area contributed by atoms with Crippen LogP contribution in [0.5, 0.6) is 0 Å². The fraction of sp³-hybridized carbons (Fsp3) is 0.375. The van der Waals surface area contributed by atoms with E-state index < -0.39 is 28.9 Å². The smallest absolute Gasteiger partial charge is 0.333 e. The van der Waals surface area contributed by atoms with Gasteiger partial charge in [0.15, 0.2) is 0 Å². The quantitative estimate of drug-likeness (QED) is 0.342. The first-order valence-electron chi connectivity index (χ1n) is 11.0. The number of nitrogens with two attached hydrogens (primary N) is 1.